The van der Waals surface area contributed by atoms with Crippen molar-refractivity contribution >= 4 is 21.5 Å². The molecule has 0 amide bonds. The maximum atomic E-state index is 2.39. The summed E-state index contributed by atoms with van der Waals surface area (Å²) in [6.07, 6.45) is 0.927. The smallest absolute Gasteiger partial charge is 0.000741 e. The lowest BCUT2D eigenvalue weighted by Gasteiger charge is -2.20. The largest absolute Gasteiger partial charge is 0.0622 e. The van der Waals surface area contributed by atoms with Gasteiger partial charge in [0.2, 0.25) is 0 Å². The van der Waals surface area contributed by atoms with E-state index < -0.39 is 0 Å². The van der Waals surface area contributed by atoms with E-state index in [0.29, 0.717) is 0 Å². The molecule has 0 saturated heterocycles. The van der Waals surface area contributed by atoms with Gasteiger partial charge in [0.05, 0.1) is 0 Å². The molecule has 0 N–H and O–H groups in total. The second-order valence-electron chi connectivity index (χ2n) is 10.9. The van der Waals surface area contributed by atoms with E-state index in [1.807, 2.05) is 0 Å². The van der Waals surface area contributed by atoms with Crippen molar-refractivity contribution in [1.29, 1.82) is 0 Å². The summed E-state index contributed by atoms with van der Waals surface area (Å²) in [5, 5.41) is 5.34. The first kappa shape index (κ1) is 23.0. The molecule has 0 aliphatic heterocycles. The highest BCUT2D eigenvalue weighted by Gasteiger charge is 2.30. The van der Waals surface area contributed by atoms with Crippen LogP contribution in [0, 0.1) is 6.92 Å². The van der Waals surface area contributed by atoms with Gasteiger partial charge in [0.25, 0.3) is 0 Å². The van der Waals surface area contributed by atoms with Crippen LogP contribution >= 0.6 is 0 Å². The van der Waals surface area contributed by atoms with E-state index in [-0.39, 0.29) is 0 Å². The number of benzene rings is 7. The Hall–Kier alpha value is -4.94. The van der Waals surface area contributed by atoms with Crippen LogP contribution in [0.15, 0.2) is 140 Å². The third kappa shape index (κ3) is 3.46. The molecule has 0 saturated carbocycles. The third-order valence-corrected chi connectivity index (χ3v) is 8.53. The van der Waals surface area contributed by atoms with Gasteiger partial charge in [-0.3, -0.25) is 0 Å². The molecule has 1 aliphatic carbocycles. The highest BCUT2D eigenvalue weighted by molar-refractivity contribution is 6.27. The molecule has 7 aromatic carbocycles. The van der Waals surface area contributed by atoms with Gasteiger partial charge in [0.1, 0.15) is 0 Å². The quantitative estimate of drug-likeness (QED) is 0.222. The summed E-state index contributed by atoms with van der Waals surface area (Å²) in [6, 6.07) is 51.5. The first-order valence-electron chi connectivity index (χ1n) is 14.1. The fraction of sp³-hybridized carbons (Fsp3) is 0.0500. The van der Waals surface area contributed by atoms with Crippen molar-refractivity contribution in [3.63, 3.8) is 0 Å². The first-order valence-corrected chi connectivity index (χ1v) is 14.1. The van der Waals surface area contributed by atoms with Gasteiger partial charge < -0.3 is 0 Å². The van der Waals surface area contributed by atoms with Crippen molar-refractivity contribution < 1.29 is 0 Å². The van der Waals surface area contributed by atoms with Crippen molar-refractivity contribution in [1.82, 2.24) is 0 Å². The van der Waals surface area contributed by atoms with Crippen LogP contribution in [-0.2, 0) is 6.42 Å². The van der Waals surface area contributed by atoms with Crippen molar-refractivity contribution in [2.45, 2.75) is 13.3 Å². The predicted molar refractivity (Wildman–Crippen MR) is 171 cm³/mol. The van der Waals surface area contributed by atoms with Crippen molar-refractivity contribution in [3.8, 4) is 44.5 Å². The lowest BCUT2D eigenvalue weighted by molar-refractivity contribution is 1.21. The van der Waals surface area contributed by atoms with Crippen LogP contribution in [0.3, 0.4) is 0 Å². The molecule has 0 atom stereocenters. The Morgan fingerprint density at radius 1 is 0.400 bits per heavy atom. The third-order valence-electron chi connectivity index (χ3n) is 8.53. The number of fused-ring (bicyclic) bond motifs is 4. The second-order valence-corrected chi connectivity index (χ2v) is 10.9. The Labute approximate surface area is 235 Å². The Balaban J connectivity index is 1.50. The highest BCUT2D eigenvalue weighted by Crippen LogP contribution is 2.57. The maximum Gasteiger partial charge on any atom is -0.000741 e. The van der Waals surface area contributed by atoms with Gasteiger partial charge in [0, 0.05) is 0 Å². The molecule has 0 nitrogen and oxygen atoms in total. The zero-order chi connectivity index (χ0) is 26.6. The lowest BCUT2D eigenvalue weighted by Crippen LogP contribution is -1.93. The van der Waals surface area contributed by atoms with Crippen LogP contribution in [0.1, 0.15) is 16.7 Å². The first-order chi connectivity index (χ1) is 19.8. The molecule has 0 radical (unpaired) electrons. The average Bonchev–Trinajstić information content (AvgIpc) is 3.34. The van der Waals surface area contributed by atoms with E-state index in [0.717, 1.165) is 6.42 Å². The van der Waals surface area contributed by atoms with Crippen LogP contribution < -0.4 is 0 Å². The Kier molecular flexibility index (Phi) is 5.21. The van der Waals surface area contributed by atoms with Crippen LogP contribution in [0.25, 0.3) is 66.1 Å². The molecule has 0 fully saturated rings. The molecule has 0 unspecified atom stereocenters. The van der Waals surface area contributed by atoms with Crippen LogP contribution in [0.5, 0.6) is 0 Å². The van der Waals surface area contributed by atoms with Gasteiger partial charge in [-0.25, -0.2) is 0 Å². The van der Waals surface area contributed by atoms with Gasteiger partial charge >= 0.3 is 0 Å². The topological polar surface area (TPSA) is 0 Å². The molecule has 0 aromatic heterocycles. The molecular formula is C40H28. The minimum absolute atomic E-state index is 0.927. The Morgan fingerprint density at radius 3 is 1.52 bits per heavy atom. The minimum atomic E-state index is 0.927. The Bertz CT molecular complexity index is 1950. The molecule has 0 spiro atoms. The predicted octanol–water partition coefficient (Wildman–Crippen LogP) is 10.9. The summed E-state index contributed by atoms with van der Waals surface area (Å²) in [5.74, 6) is 0. The fourth-order valence-corrected chi connectivity index (χ4v) is 6.75. The molecule has 40 heavy (non-hydrogen) atoms. The van der Waals surface area contributed by atoms with Gasteiger partial charge in [0.15, 0.2) is 0 Å². The molecule has 0 bridgehead atoms. The molecule has 188 valence electrons. The van der Waals surface area contributed by atoms with Crippen LogP contribution in [0.4, 0.5) is 0 Å². The molecule has 8 rings (SSSR count). The molecule has 0 heteroatoms. The molecule has 0 heterocycles. The van der Waals surface area contributed by atoms with Crippen molar-refractivity contribution in [2.24, 2.45) is 0 Å². The summed E-state index contributed by atoms with van der Waals surface area (Å²) in [5.41, 5.74) is 14.6. The van der Waals surface area contributed by atoms with Gasteiger partial charge in [-0.1, -0.05) is 145 Å². The van der Waals surface area contributed by atoms with Crippen LogP contribution in [-0.4, -0.2) is 0 Å². The summed E-state index contributed by atoms with van der Waals surface area (Å²) >= 11 is 0. The van der Waals surface area contributed by atoms with Crippen LogP contribution in [0.2, 0.25) is 0 Å². The number of hydrogen-bond acceptors (Lipinski definition) is 0. The number of rotatable bonds is 4. The standard InChI is InChI=1S/C40H28/c1-26-19-21-27(22-20-26)25-30-23-24-35-38-31(30)17-10-18-34(38)39-36(28-11-4-2-5-12-28)32-15-8-9-16-33(32)37(40(35)39)29-13-6-3-7-14-29/h2-24H,25H2,1H3. The van der Waals surface area contributed by atoms with E-state index >= 15 is 0 Å². The summed E-state index contributed by atoms with van der Waals surface area (Å²) in [6.45, 7) is 2.15. The van der Waals surface area contributed by atoms with E-state index in [4.69, 9.17) is 0 Å². The molecular weight excluding hydrogens is 480 g/mol. The van der Waals surface area contributed by atoms with Crippen molar-refractivity contribution in [3.05, 3.63) is 156 Å². The minimum Gasteiger partial charge on any atom is -0.0622 e. The van der Waals surface area contributed by atoms with Gasteiger partial charge in [-0.2, -0.15) is 0 Å². The summed E-state index contributed by atoms with van der Waals surface area (Å²) < 4.78 is 0. The summed E-state index contributed by atoms with van der Waals surface area (Å²) in [7, 11) is 0. The van der Waals surface area contributed by atoms with Gasteiger partial charge in [-0.05, 0) is 90.5 Å². The van der Waals surface area contributed by atoms with E-state index in [9.17, 15) is 0 Å². The lowest BCUT2D eigenvalue weighted by atomic mass is 9.82. The normalized spacial score (nSPS) is 11.7. The highest BCUT2D eigenvalue weighted by atomic mass is 14.3. The monoisotopic (exact) mass is 508 g/mol. The maximum absolute atomic E-state index is 2.39. The second kappa shape index (κ2) is 9.07. The number of hydrogen-bond donors (Lipinski definition) is 0. The average molecular weight is 509 g/mol. The molecule has 7 aromatic rings. The fourth-order valence-electron chi connectivity index (χ4n) is 6.75. The van der Waals surface area contributed by atoms with E-state index in [1.54, 1.807) is 0 Å². The summed E-state index contributed by atoms with van der Waals surface area (Å²) in [4.78, 5) is 0. The van der Waals surface area contributed by atoms with Gasteiger partial charge in [-0.15, -0.1) is 0 Å². The zero-order valence-electron chi connectivity index (χ0n) is 22.5. The Morgan fingerprint density at radius 2 is 0.925 bits per heavy atom. The molecule has 1 aliphatic rings. The zero-order valence-corrected chi connectivity index (χ0v) is 22.5. The SMILES string of the molecule is Cc1ccc(Cc2ccc3c4c(cccc24)-c2c-3c(-c3ccccc3)c3ccccc3c2-c2ccccc2)cc1. The van der Waals surface area contributed by atoms with E-state index in [1.165, 1.54) is 82.7 Å². The van der Waals surface area contributed by atoms with Crippen molar-refractivity contribution in [2.75, 3.05) is 0 Å². The van der Waals surface area contributed by atoms with E-state index in [2.05, 4.69) is 146 Å². The number of aryl methyl sites for hydroxylation is 1.